The number of nitriles is 1. The lowest BCUT2D eigenvalue weighted by atomic mass is 9.90. The number of allylic oxidation sites excluding steroid dienone is 2. The van der Waals surface area contributed by atoms with Gasteiger partial charge in [0.1, 0.15) is 17.6 Å². The molecule has 1 fully saturated rings. The van der Waals surface area contributed by atoms with Crippen LogP contribution in [0.25, 0.3) is 5.57 Å². The van der Waals surface area contributed by atoms with E-state index >= 15 is 0 Å². The minimum absolute atomic E-state index is 0.0215. The highest BCUT2D eigenvalue weighted by atomic mass is 19.1. The van der Waals surface area contributed by atoms with E-state index in [1.54, 1.807) is 0 Å². The molecule has 128 valence electrons. The lowest BCUT2D eigenvalue weighted by Crippen LogP contribution is -2.34. The summed E-state index contributed by atoms with van der Waals surface area (Å²) in [5.74, 6) is -0.241. The van der Waals surface area contributed by atoms with Gasteiger partial charge in [-0.3, -0.25) is 4.90 Å². The van der Waals surface area contributed by atoms with Crippen molar-refractivity contribution in [2.45, 2.75) is 19.4 Å². The zero-order valence-corrected chi connectivity index (χ0v) is 14.0. The molecule has 1 saturated heterocycles. The Balaban J connectivity index is 1.66. The molecular formula is C21H21FN2O. The van der Waals surface area contributed by atoms with Crippen LogP contribution in [0.5, 0.6) is 0 Å². The Morgan fingerprint density at radius 1 is 1.08 bits per heavy atom. The van der Waals surface area contributed by atoms with Gasteiger partial charge in [0.2, 0.25) is 0 Å². The number of hydrogen-bond donors (Lipinski definition) is 1. The molecule has 4 heteroatoms. The summed E-state index contributed by atoms with van der Waals surface area (Å²) in [5.41, 5.74) is 2.10. The summed E-state index contributed by atoms with van der Waals surface area (Å²) in [6, 6.07) is 18.1. The van der Waals surface area contributed by atoms with Crippen molar-refractivity contribution >= 4 is 5.57 Å². The fourth-order valence-corrected chi connectivity index (χ4v) is 3.30. The normalized spacial score (nSPS) is 17.0. The quantitative estimate of drug-likeness (QED) is 0.659. The molecule has 3 nitrogen and oxygen atoms in total. The number of aliphatic hydroxyl groups excluding tert-OH is 1. The molecule has 0 bridgehead atoms. The van der Waals surface area contributed by atoms with Gasteiger partial charge in [-0.25, -0.2) is 4.39 Å². The van der Waals surface area contributed by atoms with Crippen molar-refractivity contribution in [3.05, 3.63) is 77.3 Å². The average Bonchev–Trinajstić information content (AvgIpc) is 2.65. The van der Waals surface area contributed by atoms with Crippen molar-refractivity contribution in [2.24, 2.45) is 5.92 Å². The Bertz CT molecular complexity index is 770. The first kappa shape index (κ1) is 17.2. The second-order valence-corrected chi connectivity index (χ2v) is 6.41. The topological polar surface area (TPSA) is 47.3 Å². The largest absolute Gasteiger partial charge is 0.511 e. The van der Waals surface area contributed by atoms with Crippen molar-refractivity contribution in [1.29, 1.82) is 5.26 Å². The smallest absolute Gasteiger partial charge is 0.123 e. The maximum Gasteiger partial charge on any atom is 0.123 e. The highest BCUT2D eigenvalue weighted by Gasteiger charge is 2.25. The third-order valence-corrected chi connectivity index (χ3v) is 4.72. The first-order valence-electron chi connectivity index (χ1n) is 8.53. The van der Waals surface area contributed by atoms with Gasteiger partial charge in [0, 0.05) is 12.5 Å². The molecule has 0 saturated carbocycles. The third kappa shape index (κ3) is 4.26. The molecule has 0 radical (unpaired) electrons. The molecular weight excluding hydrogens is 315 g/mol. The zero-order valence-electron chi connectivity index (χ0n) is 14.0. The van der Waals surface area contributed by atoms with Gasteiger partial charge in [0.15, 0.2) is 0 Å². The van der Waals surface area contributed by atoms with Crippen molar-refractivity contribution in [3.63, 3.8) is 0 Å². The fraction of sp³-hybridized carbons (Fsp3) is 0.286. The molecule has 0 aromatic heterocycles. The molecule has 0 aliphatic carbocycles. The van der Waals surface area contributed by atoms with Gasteiger partial charge in [0.25, 0.3) is 0 Å². The average molecular weight is 336 g/mol. The van der Waals surface area contributed by atoms with Crippen molar-refractivity contribution < 1.29 is 9.50 Å². The Hall–Kier alpha value is -2.64. The van der Waals surface area contributed by atoms with Crippen LogP contribution in [0.2, 0.25) is 0 Å². The van der Waals surface area contributed by atoms with Gasteiger partial charge >= 0.3 is 0 Å². The molecule has 2 aromatic rings. The monoisotopic (exact) mass is 336 g/mol. The Kier molecular flexibility index (Phi) is 5.47. The van der Waals surface area contributed by atoms with Gasteiger partial charge in [-0.2, -0.15) is 5.26 Å². The summed E-state index contributed by atoms with van der Waals surface area (Å²) in [7, 11) is 0. The van der Waals surface area contributed by atoms with Gasteiger partial charge < -0.3 is 5.11 Å². The molecule has 0 amide bonds. The first-order chi connectivity index (χ1) is 12.2. The number of nitrogens with zero attached hydrogens (tertiary/aromatic N) is 2. The van der Waals surface area contributed by atoms with E-state index in [2.05, 4.69) is 23.1 Å². The Labute approximate surface area is 147 Å². The van der Waals surface area contributed by atoms with Gasteiger partial charge in [-0.15, -0.1) is 0 Å². The summed E-state index contributed by atoms with van der Waals surface area (Å²) in [4.78, 5) is 2.36. The van der Waals surface area contributed by atoms with Crippen LogP contribution >= 0.6 is 0 Å². The van der Waals surface area contributed by atoms with Crippen LogP contribution in [0, 0.1) is 23.1 Å². The van der Waals surface area contributed by atoms with Crippen LogP contribution in [0.15, 0.2) is 60.4 Å². The van der Waals surface area contributed by atoms with Gasteiger partial charge in [0.05, 0.1) is 5.57 Å². The highest BCUT2D eigenvalue weighted by Crippen LogP contribution is 2.29. The molecule has 0 spiro atoms. The summed E-state index contributed by atoms with van der Waals surface area (Å²) in [6.45, 7) is 2.67. The lowest BCUT2D eigenvalue weighted by molar-refractivity contribution is 0.167. The first-order valence-corrected chi connectivity index (χ1v) is 8.53. The van der Waals surface area contributed by atoms with Crippen molar-refractivity contribution in [2.75, 3.05) is 13.1 Å². The van der Waals surface area contributed by atoms with E-state index in [0.717, 1.165) is 32.5 Å². The summed E-state index contributed by atoms with van der Waals surface area (Å²) in [6.07, 6.45) is 1.62. The number of piperidine rings is 1. The molecule has 0 unspecified atom stereocenters. The molecule has 1 aliphatic rings. The minimum Gasteiger partial charge on any atom is -0.511 e. The number of aliphatic hydroxyl groups is 1. The fourth-order valence-electron chi connectivity index (χ4n) is 3.30. The van der Waals surface area contributed by atoms with E-state index in [4.69, 9.17) is 0 Å². The van der Waals surface area contributed by atoms with Crippen LogP contribution in [-0.2, 0) is 6.54 Å². The second-order valence-electron chi connectivity index (χ2n) is 6.41. The molecule has 2 aromatic carbocycles. The van der Waals surface area contributed by atoms with E-state index in [1.165, 1.54) is 29.8 Å². The van der Waals surface area contributed by atoms with E-state index in [-0.39, 0.29) is 23.1 Å². The van der Waals surface area contributed by atoms with Crippen LogP contribution in [0.4, 0.5) is 4.39 Å². The van der Waals surface area contributed by atoms with Gasteiger partial charge in [-0.1, -0.05) is 42.5 Å². The maximum absolute atomic E-state index is 13.1. The predicted molar refractivity (Wildman–Crippen MR) is 96.0 cm³/mol. The number of halogens is 1. The minimum atomic E-state index is -0.352. The van der Waals surface area contributed by atoms with E-state index in [0.29, 0.717) is 5.56 Å². The maximum atomic E-state index is 13.1. The molecule has 1 N–H and O–H groups in total. The molecule has 1 aliphatic heterocycles. The summed E-state index contributed by atoms with van der Waals surface area (Å²) >= 11 is 0. The van der Waals surface area contributed by atoms with E-state index in [9.17, 15) is 14.8 Å². The third-order valence-electron chi connectivity index (χ3n) is 4.72. The lowest BCUT2D eigenvalue weighted by Gasteiger charge is -2.32. The molecule has 1 heterocycles. The number of rotatable bonds is 4. The second kappa shape index (κ2) is 7.96. The molecule has 0 atom stereocenters. The van der Waals surface area contributed by atoms with Crippen molar-refractivity contribution in [1.82, 2.24) is 4.90 Å². The van der Waals surface area contributed by atoms with Crippen LogP contribution in [0.3, 0.4) is 0 Å². The SMILES string of the molecule is N#C/C(=C(\O)C1CCN(Cc2ccccc2)CC1)c1ccc(F)cc1. The van der Waals surface area contributed by atoms with Crippen LogP contribution in [0.1, 0.15) is 24.0 Å². The Morgan fingerprint density at radius 2 is 1.72 bits per heavy atom. The summed E-state index contributed by atoms with van der Waals surface area (Å²) in [5, 5.41) is 20.0. The molecule has 25 heavy (non-hydrogen) atoms. The Morgan fingerprint density at radius 3 is 2.32 bits per heavy atom. The van der Waals surface area contributed by atoms with Crippen molar-refractivity contribution in [3.8, 4) is 6.07 Å². The van der Waals surface area contributed by atoms with E-state index < -0.39 is 0 Å². The summed E-state index contributed by atoms with van der Waals surface area (Å²) < 4.78 is 13.1. The highest BCUT2D eigenvalue weighted by molar-refractivity contribution is 5.78. The van der Waals surface area contributed by atoms with Crippen LogP contribution in [-0.4, -0.2) is 23.1 Å². The van der Waals surface area contributed by atoms with Gasteiger partial charge in [-0.05, 0) is 49.2 Å². The zero-order chi connectivity index (χ0) is 17.6. The van der Waals surface area contributed by atoms with E-state index in [1.807, 2.05) is 18.2 Å². The number of hydrogen-bond acceptors (Lipinski definition) is 3. The standard InChI is InChI=1S/C21H21FN2O/c22-19-8-6-17(7-9-19)20(14-23)21(25)18-10-12-24(13-11-18)15-16-4-2-1-3-5-16/h1-9,18,25H,10-13,15H2/b21-20+. The number of benzene rings is 2. The molecule has 3 rings (SSSR count). The number of likely N-dealkylation sites (tertiary alicyclic amines) is 1. The van der Waals surface area contributed by atoms with Crippen LogP contribution < -0.4 is 0 Å². The predicted octanol–water partition coefficient (Wildman–Crippen LogP) is 4.53.